The first kappa shape index (κ1) is 28.0. The number of aliphatic hydroxyl groups is 1. The Morgan fingerprint density at radius 2 is 1.70 bits per heavy atom. The Bertz CT molecular complexity index is 1510. The van der Waals surface area contributed by atoms with Gasteiger partial charge >= 0.3 is 0 Å². The van der Waals surface area contributed by atoms with Crippen molar-refractivity contribution in [2.24, 2.45) is 0 Å². The Balaban J connectivity index is 1.72. The molecule has 2 amide bonds. The first-order chi connectivity index (χ1) is 19.1. The molecule has 3 aliphatic heterocycles. The number of para-hydroxylation sites is 1. The molecule has 0 bridgehead atoms. The number of likely N-dealkylation sites (N-methyl/N-ethyl adjacent to an activating group) is 2. The van der Waals surface area contributed by atoms with Crippen LogP contribution in [0.15, 0.2) is 59.0 Å². The van der Waals surface area contributed by atoms with Crippen LogP contribution < -0.4 is 4.90 Å². The van der Waals surface area contributed by atoms with Crippen molar-refractivity contribution in [3.8, 4) is 0 Å². The maximum atomic E-state index is 14.3. The minimum absolute atomic E-state index is 0.0253. The average Bonchev–Trinajstić information content (AvgIpc) is 3.34. The summed E-state index contributed by atoms with van der Waals surface area (Å²) in [7, 11) is -0.198. The van der Waals surface area contributed by atoms with Crippen molar-refractivity contribution in [2.45, 2.75) is 36.6 Å². The lowest BCUT2D eigenvalue weighted by molar-refractivity contribution is -0.143. The average molecular weight is 567 g/mol. The van der Waals surface area contributed by atoms with Crippen LogP contribution in [0.25, 0.3) is 5.76 Å². The van der Waals surface area contributed by atoms with E-state index in [4.69, 9.17) is 0 Å². The molecule has 3 aliphatic rings. The van der Waals surface area contributed by atoms with Gasteiger partial charge in [-0.05, 0) is 52.1 Å². The van der Waals surface area contributed by atoms with E-state index in [1.54, 1.807) is 31.2 Å². The van der Waals surface area contributed by atoms with Crippen molar-refractivity contribution < 1.29 is 27.9 Å². The maximum absolute atomic E-state index is 14.3. The molecule has 10 nitrogen and oxygen atoms in total. The number of nitrogens with zero attached hydrogens (tertiary/aromatic N) is 4. The van der Waals surface area contributed by atoms with Crippen LogP contribution in [0, 0.1) is 0 Å². The fraction of sp³-hybridized carbons (Fsp3) is 0.414. The number of rotatable bonds is 7. The molecule has 0 radical (unpaired) electrons. The molecule has 212 valence electrons. The van der Waals surface area contributed by atoms with E-state index >= 15 is 0 Å². The number of carbonyl (C=O) groups excluding carboxylic acids is 3. The molecule has 1 atom stereocenters. The molecule has 0 aromatic heterocycles. The van der Waals surface area contributed by atoms with Gasteiger partial charge < -0.3 is 19.8 Å². The summed E-state index contributed by atoms with van der Waals surface area (Å²) in [6.45, 7) is 3.35. The van der Waals surface area contributed by atoms with Crippen LogP contribution in [-0.4, -0.2) is 92.0 Å². The van der Waals surface area contributed by atoms with Crippen LogP contribution in [0.4, 0.5) is 5.69 Å². The van der Waals surface area contributed by atoms with Gasteiger partial charge in [-0.3, -0.25) is 14.4 Å². The number of anilines is 1. The number of Topliss-reactive ketones (excluding diaryl/α,β-unsaturated/α-hetero) is 1. The van der Waals surface area contributed by atoms with E-state index in [-0.39, 0.29) is 22.6 Å². The first-order valence-corrected chi connectivity index (χ1v) is 15.0. The highest BCUT2D eigenvalue weighted by molar-refractivity contribution is 7.89. The molecule has 2 aromatic carbocycles. The topological polar surface area (TPSA) is 119 Å². The molecule has 40 heavy (non-hydrogen) atoms. The third-order valence-corrected chi connectivity index (χ3v) is 9.85. The van der Waals surface area contributed by atoms with Crippen LogP contribution in [0.3, 0.4) is 0 Å². The highest BCUT2D eigenvalue weighted by Crippen LogP contribution is 2.53. The quantitative estimate of drug-likeness (QED) is 0.311. The SMILES string of the molecule is CCN1C(=O)C2(C(=C(O)c3cccc(S(=O)(=O)N4CCCCC4)c3)C(=O)C(=O)N2CCN(C)C)c2ccccc21. The molecule has 2 saturated heterocycles. The summed E-state index contributed by atoms with van der Waals surface area (Å²) in [4.78, 5) is 46.1. The molecule has 2 fully saturated rings. The Hall–Kier alpha value is -3.54. The first-order valence-electron chi connectivity index (χ1n) is 13.5. The van der Waals surface area contributed by atoms with Crippen LogP contribution in [-0.2, 0) is 29.9 Å². The van der Waals surface area contributed by atoms with Crippen LogP contribution in [0.1, 0.15) is 37.3 Å². The van der Waals surface area contributed by atoms with Gasteiger partial charge in [-0.25, -0.2) is 8.42 Å². The number of piperidine rings is 1. The fourth-order valence-corrected chi connectivity index (χ4v) is 7.55. The summed E-state index contributed by atoms with van der Waals surface area (Å²) < 4.78 is 28.2. The molecule has 1 N–H and O–H groups in total. The molecule has 11 heteroatoms. The zero-order valence-electron chi connectivity index (χ0n) is 23.0. The zero-order chi connectivity index (χ0) is 28.8. The van der Waals surface area contributed by atoms with Crippen molar-refractivity contribution in [2.75, 3.05) is 51.7 Å². The lowest BCUT2D eigenvalue weighted by Gasteiger charge is -2.35. The van der Waals surface area contributed by atoms with Crippen LogP contribution in [0.5, 0.6) is 0 Å². The molecular weight excluding hydrogens is 532 g/mol. The Morgan fingerprint density at radius 1 is 1.00 bits per heavy atom. The number of carbonyl (C=O) groups is 3. The number of hydrogen-bond donors (Lipinski definition) is 1. The Labute approximate surface area is 234 Å². The van der Waals surface area contributed by atoms with Crippen molar-refractivity contribution in [3.05, 3.63) is 65.2 Å². The van der Waals surface area contributed by atoms with Gasteiger partial charge in [0.1, 0.15) is 5.76 Å². The molecule has 3 heterocycles. The monoisotopic (exact) mass is 566 g/mol. The van der Waals surface area contributed by atoms with E-state index in [9.17, 15) is 27.9 Å². The predicted octanol–water partition coefficient (Wildman–Crippen LogP) is 2.37. The summed E-state index contributed by atoms with van der Waals surface area (Å²) in [6.07, 6.45) is 2.50. The molecule has 1 spiro atoms. The highest BCUT2D eigenvalue weighted by Gasteiger charge is 2.66. The summed E-state index contributed by atoms with van der Waals surface area (Å²) >= 11 is 0. The van der Waals surface area contributed by atoms with E-state index < -0.39 is 38.9 Å². The zero-order valence-corrected chi connectivity index (χ0v) is 23.8. The third-order valence-electron chi connectivity index (χ3n) is 7.96. The van der Waals surface area contributed by atoms with Gasteiger partial charge in [0.15, 0.2) is 5.54 Å². The minimum atomic E-state index is -3.84. The number of hydrogen-bond acceptors (Lipinski definition) is 7. The highest BCUT2D eigenvalue weighted by atomic mass is 32.2. The fourth-order valence-electron chi connectivity index (χ4n) is 5.98. The second kappa shape index (κ2) is 10.5. The van der Waals surface area contributed by atoms with Crippen molar-refractivity contribution in [1.82, 2.24) is 14.1 Å². The molecule has 1 unspecified atom stereocenters. The molecular formula is C29H34N4O6S. The molecule has 0 saturated carbocycles. The number of benzene rings is 2. The van der Waals surface area contributed by atoms with Crippen LogP contribution in [0.2, 0.25) is 0 Å². The second-order valence-corrected chi connectivity index (χ2v) is 12.5. The smallest absolute Gasteiger partial charge is 0.296 e. The lowest BCUT2D eigenvalue weighted by atomic mass is 9.82. The number of aliphatic hydroxyl groups excluding tert-OH is 1. The standard InChI is InChI=1S/C29H34N4O6S/c1-4-32-23-14-7-6-13-22(23)29(28(32)37)24(26(35)27(36)33(29)18-17-30(2)3)25(34)20-11-10-12-21(19-20)40(38,39)31-15-8-5-9-16-31/h6-7,10-14,19,34H,4-5,8-9,15-18H2,1-3H3. The van der Waals surface area contributed by atoms with Crippen LogP contribution >= 0.6 is 0 Å². The Kier molecular flexibility index (Phi) is 7.32. The number of amides is 2. The van der Waals surface area contributed by atoms with Crippen molar-refractivity contribution in [1.29, 1.82) is 0 Å². The van der Waals surface area contributed by atoms with Gasteiger partial charge in [0.2, 0.25) is 10.0 Å². The molecule has 2 aromatic rings. The van der Waals surface area contributed by atoms with E-state index in [1.807, 2.05) is 19.0 Å². The van der Waals surface area contributed by atoms with Gasteiger partial charge in [0.25, 0.3) is 17.6 Å². The van der Waals surface area contributed by atoms with Gasteiger partial charge in [0, 0.05) is 43.9 Å². The second-order valence-electron chi connectivity index (χ2n) is 10.6. The summed E-state index contributed by atoms with van der Waals surface area (Å²) in [6, 6.07) is 12.7. The van der Waals surface area contributed by atoms with Gasteiger partial charge in [-0.2, -0.15) is 4.31 Å². The Morgan fingerprint density at radius 3 is 2.38 bits per heavy atom. The molecule has 5 rings (SSSR count). The lowest BCUT2D eigenvalue weighted by Crippen LogP contribution is -2.53. The maximum Gasteiger partial charge on any atom is 0.296 e. The normalized spacial score (nSPS) is 23.1. The summed E-state index contributed by atoms with van der Waals surface area (Å²) in [5, 5.41) is 11.7. The van der Waals surface area contributed by atoms with E-state index in [2.05, 4.69) is 0 Å². The summed E-state index contributed by atoms with van der Waals surface area (Å²) in [5.74, 6) is -2.96. The summed E-state index contributed by atoms with van der Waals surface area (Å²) in [5.41, 5.74) is -1.19. The molecule has 0 aliphatic carbocycles. The van der Waals surface area contributed by atoms with E-state index in [0.717, 1.165) is 19.3 Å². The number of likely N-dealkylation sites (tertiary alicyclic amines) is 1. The van der Waals surface area contributed by atoms with Gasteiger partial charge in [0.05, 0.1) is 16.2 Å². The number of ketones is 1. The van der Waals surface area contributed by atoms with Crippen molar-refractivity contribution >= 4 is 39.1 Å². The van der Waals surface area contributed by atoms with Gasteiger partial charge in [-0.1, -0.05) is 36.8 Å². The largest absolute Gasteiger partial charge is 0.507 e. The van der Waals surface area contributed by atoms with Crippen molar-refractivity contribution in [3.63, 3.8) is 0 Å². The minimum Gasteiger partial charge on any atom is -0.507 e. The van der Waals surface area contributed by atoms with E-state index in [1.165, 1.54) is 38.4 Å². The third kappa shape index (κ3) is 4.15. The predicted molar refractivity (Wildman–Crippen MR) is 150 cm³/mol. The number of fused-ring (bicyclic) bond motifs is 2. The van der Waals surface area contributed by atoms with Gasteiger partial charge in [-0.15, -0.1) is 0 Å². The van der Waals surface area contributed by atoms with E-state index in [0.29, 0.717) is 37.4 Å². The number of sulfonamides is 1.